The molecule has 1 N–H and O–H groups in total. The van der Waals surface area contributed by atoms with Crippen molar-refractivity contribution < 1.29 is 0 Å². The minimum absolute atomic E-state index is 0.749. The molecule has 0 aromatic heterocycles. The van der Waals surface area contributed by atoms with Crippen LogP contribution in [0, 0.1) is 17.3 Å². The minimum Gasteiger partial charge on any atom is -0.313 e. The molecule has 0 saturated heterocycles. The molecule has 0 aromatic carbocycles. The molecular weight excluding hydrogens is 230 g/mol. The molecule has 3 rings (SSSR count). The van der Waals surface area contributed by atoms with Gasteiger partial charge in [-0.3, -0.25) is 0 Å². The monoisotopic (exact) mass is 263 g/mol. The molecule has 1 nitrogen and oxygen atoms in total. The first kappa shape index (κ1) is 13.9. The van der Waals surface area contributed by atoms with E-state index in [9.17, 15) is 0 Å². The van der Waals surface area contributed by atoms with Crippen molar-refractivity contribution in [2.75, 3.05) is 6.54 Å². The van der Waals surface area contributed by atoms with E-state index in [1.165, 1.54) is 83.6 Å². The topological polar surface area (TPSA) is 12.0 Å². The Morgan fingerprint density at radius 2 is 1.63 bits per heavy atom. The third kappa shape index (κ3) is 3.17. The Kier molecular flexibility index (Phi) is 4.51. The summed E-state index contributed by atoms with van der Waals surface area (Å²) in [7, 11) is 0. The maximum absolute atomic E-state index is 3.94. The maximum Gasteiger partial charge on any atom is 0.0124 e. The van der Waals surface area contributed by atoms with Gasteiger partial charge in [-0.15, -0.1) is 0 Å². The van der Waals surface area contributed by atoms with Crippen LogP contribution in [0.5, 0.6) is 0 Å². The number of hydrogen-bond acceptors (Lipinski definition) is 1. The Balaban J connectivity index is 1.36. The summed E-state index contributed by atoms with van der Waals surface area (Å²) in [6.07, 6.45) is 17.9. The fourth-order valence-electron chi connectivity index (χ4n) is 4.95. The van der Waals surface area contributed by atoms with Crippen molar-refractivity contribution in [2.24, 2.45) is 17.3 Å². The molecule has 110 valence electrons. The molecule has 3 aliphatic carbocycles. The van der Waals surface area contributed by atoms with E-state index in [0.717, 1.165) is 23.3 Å². The van der Waals surface area contributed by atoms with Gasteiger partial charge >= 0.3 is 0 Å². The van der Waals surface area contributed by atoms with Gasteiger partial charge in [0, 0.05) is 6.04 Å². The van der Waals surface area contributed by atoms with E-state index < -0.39 is 0 Å². The van der Waals surface area contributed by atoms with Crippen molar-refractivity contribution in [2.45, 2.75) is 90.0 Å². The smallest absolute Gasteiger partial charge is 0.0124 e. The van der Waals surface area contributed by atoms with Crippen LogP contribution in [0.3, 0.4) is 0 Å². The molecule has 1 spiro atoms. The molecule has 3 saturated carbocycles. The Bertz CT molecular complexity index is 271. The fourth-order valence-corrected chi connectivity index (χ4v) is 4.95. The average Bonchev–Trinajstić information content (AvgIpc) is 2.45. The molecule has 1 unspecified atom stereocenters. The van der Waals surface area contributed by atoms with E-state index in [0.29, 0.717) is 0 Å². The second-order valence-corrected chi connectivity index (χ2v) is 7.88. The van der Waals surface area contributed by atoms with Crippen LogP contribution in [0.4, 0.5) is 0 Å². The Labute approximate surface area is 119 Å². The van der Waals surface area contributed by atoms with Gasteiger partial charge in [0.1, 0.15) is 0 Å². The minimum atomic E-state index is 0.749. The van der Waals surface area contributed by atoms with Gasteiger partial charge in [0.2, 0.25) is 0 Å². The van der Waals surface area contributed by atoms with Crippen LogP contribution in [0.15, 0.2) is 0 Å². The normalized spacial score (nSPS) is 38.1. The van der Waals surface area contributed by atoms with E-state index in [2.05, 4.69) is 12.2 Å². The highest BCUT2D eigenvalue weighted by Gasteiger charge is 2.46. The second kappa shape index (κ2) is 6.16. The summed E-state index contributed by atoms with van der Waals surface area (Å²) >= 11 is 0. The number of nitrogens with one attached hydrogen (secondary N) is 1. The molecular formula is C18H33N. The molecule has 0 bridgehead atoms. The molecule has 1 heteroatoms. The van der Waals surface area contributed by atoms with Gasteiger partial charge in [-0.1, -0.05) is 51.9 Å². The second-order valence-electron chi connectivity index (χ2n) is 7.88. The maximum atomic E-state index is 3.94. The highest BCUT2D eigenvalue weighted by Crippen LogP contribution is 2.51. The fraction of sp³-hybridized carbons (Fsp3) is 1.00. The van der Waals surface area contributed by atoms with Crippen molar-refractivity contribution >= 4 is 0 Å². The standard InChI is InChI=1S/C18H33N/c1-15-5-7-16(8-6-15)10-14-19-17-9-13-18(17)11-3-2-4-12-18/h15-17,19H,2-14H2,1H3. The van der Waals surface area contributed by atoms with Crippen molar-refractivity contribution in [1.29, 1.82) is 0 Å². The molecule has 0 aliphatic heterocycles. The third-order valence-electron chi connectivity index (χ3n) is 6.60. The Morgan fingerprint density at radius 3 is 2.26 bits per heavy atom. The first-order valence-electron chi connectivity index (χ1n) is 9.02. The molecule has 19 heavy (non-hydrogen) atoms. The van der Waals surface area contributed by atoms with E-state index in [1.54, 1.807) is 0 Å². The lowest BCUT2D eigenvalue weighted by Crippen LogP contribution is -2.54. The third-order valence-corrected chi connectivity index (χ3v) is 6.60. The SMILES string of the molecule is CC1CCC(CCNC2CCC23CCCCC3)CC1. The summed E-state index contributed by atoms with van der Waals surface area (Å²) in [5.74, 6) is 2.03. The molecule has 1 atom stereocenters. The van der Waals surface area contributed by atoms with Gasteiger partial charge < -0.3 is 5.32 Å². The zero-order valence-electron chi connectivity index (χ0n) is 12.9. The van der Waals surface area contributed by atoms with Crippen molar-refractivity contribution in [3.05, 3.63) is 0 Å². The predicted octanol–water partition coefficient (Wildman–Crippen LogP) is 4.91. The van der Waals surface area contributed by atoms with E-state index in [-0.39, 0.29) is 0 Å². The summed E-state index contributed by atoms with van der Waals surface area (Å²) in [6.45, 7) is 3.72. The van der Waals surface area contributed by atoms with Gasteiger partial charge in [0.05, 0.1) is 0 Å². The van der Waals surface area contributed by atoms with Crippen LogP contribution in [0.2, 0.25) is 0 Å². The first-order chi connectivity index (χ1) is 9.28. The van der Waals surface area contributed by atoms with Gasteiger partial charge in [-0.05, 0) is 55.9 Å². The van der Waals surface area contributed by atoms with Crippen LogP contribution >= 0.6 is 0 Å². The van der Waals surface area contributed by atoms with Crippen LogP contribution in [-0.2, 0) is 0 Å². The molecule has 0 heterocycles. The average molecular weight is 263 g/mol. The molecule has 0 aromatic rings. The van der Waals surface area contributed by atoms with Gasteiger partial charge in [0.15, 0.2) is 0 Å². The van der Waals surface area contributed by atoms with Crippen molar-refractivity contribution in [1.82, 2.24) is 5.32 Å². The summed E-state index contributed by atoms with van der Waals surface area (Å²) in [4.78, 5) is 0. The molecule has 3 aliphatic rings. The number of rotatable bonds is 4. The van der Waals surface area contributed by atoms with Crippen molar-refractivity contribution in [3.63, 3.8) is 0 Å². The number of hydrogen-bond donors (Lipinski definition) is 1. The summed E-state index contributed by atoms with van der Waals surface area (Å²) in [5, 5.41) is 3.94. The summed E-state index contributed by atoms with van der Waals surface area (Å²) in [6, 6.07) is 0.885. The summed E-state index contributed by atoms with van der Waals surface area (Å²) in [5.41, 5.74) is 0.749. The molecule has 3 fully saturated rings. The first-order valence-corrected chi connectivity index (χ1v) is 9.02. The van der Waals surface area contributed by atoms with Crippen LogP contribution in [0.25, 0.3) is 0 Å². The van der Waals surface area contributed by atoms with E-state index in [4.69, 9.17) is 0 Å². The van der Waals surface area contributed by atoms with Crippen LogP contribution in [0.1, 0.15) is 84.0 Å². The van der Waals surface area contributed by atoms with Crippen molar-refractivity contribution in [3.8, 4) is 0 Å². The predicted molar refractivity (Wildman–Crippen MR) is 82.3 cm³/mol. The zero-order chi connectivity index (χ0) is 13.1. The lowest BCUT2D eigenvalue weighted by molar-refractivity contribution is 0.0223. The highest BCUT2D eigenvalue weighted by molar-refractivity contribution is 5.01. The van der Waals surface area contributed by atoms with Crippen LogP contribution in [-0.4, -0.2) is 12.6 Å². The van der Waals surface area contributed by atoms with E-state index >= 15 is 0 Å². The lowest BCUT2D eigenvalue weighted by Gasteiger charge is -2.52. The molecule has 0 radical (unpaired) electrons. The highest BCUT2D eigenvalue weighted by atomic mass is 15.0. The zero-order valence-corrected chi connectivity index (χ0v) is 12.9. The van der Waals surface area contributed by atoms with Gasteiger partial charge in [0.25, 0.3) is 0 Å². The van der Waals surface area contributed by atoms with Crippen LogP contribution < -0.4 is 5.32 Å². The molecule has 0 amide bonds. The van der Waals surface area contributed by atoms with Gasteiger partial charge in [-0.25, -0.2) is 0 Å². The Morgan fingerprint density at radius 1 is 0.895 bits per heavy atom. The van der Waals surface area contributed by atoms with E-state index in [1.807, 2.05) is 0 Å². The van der Waals surface area contributed by atoms with Gasteiger partial charge in [-0.2, -0.15) is 0 Å². The lowest BCUT2D eigenvalue weighted by atomic mass is 9.57. The largest absolute Gasteiger partial charge is 0.313 e. The Hall–Kier alpha value is -0.0400. The quantitative estimate of drug-likeness (QED) is 0.760. The summed E-state index contributed by atoms with van der Waals surface area (Å²) < 4.78 is 0.